The van der Waals surface area contributed by atoms with Crippen molar-refractivity contribution in [3.63, 3.8) is 0 Å². The summed E-state index contributed by atoms with van der Waals surface area (Å²) in [6.45, 7) is 3.13. The van der Waals surface area contributed by atoms with Crippen molar-refractivity contribution in [2.24, 2.45) is 5.92 Å². The van der Waals surface area contributed by atoms with Crippen molar-refractivity contribution in [2.75, 3.05) is 42.7 Å². The Bertz CT molecular complexity index is 1070. The Labute approximate surface area is 185 Å². The highest BCUT2D eigenvalue weighted by molar-refractivity contribution is 5.81. The van der Waals surface area contributed by atoms with Gasteiger partial charge < -0.3 is 20.4 Å². The molecule has 0 bridgehead atoms. The normalized spacial score (nSPS) is 14.4. The molecule has 32 heavy (non-hydrogen) atoms. The fourth-order valence-corrected chi connectivity index (χ4v) is 3.44. The van der Waals surface area contributed by atoms with Gasteiger partial charge in [-0.1, -0.05) is 12.1 Å². The number of rotatable bonds is 7. The lowest BCUT2D eigenvalue weighted by Gasteiger charge is -2.40. The van der Waals surface area contributed by atoms with Crippen LogP contribution in [0.15, 0.2) is 48.9 Å². The van der Waals surface area contributed by atoms with Gasteiger partial charge in [0.05, 0.1) is 18.2 Å². The van der Waals surface area contributed by atoms with Gasteiger partial charge in [-0.3, -0.25) is 9.78 Å². The summed E-state index contributed by atoms with van der Waals surface area (Å²) in [6, 6.07) is 7.97. The predicted molar refractivity (Wildman–Crippen MR) is 120 cm³/mol. The molecule has 1 aliphatic rings. The highest BCUT2D eigenvalue weighted by Gasteiger charge is 2.34. The maximum atomic E-state index is 13.3. The molecule has 166 valence electrons. The summed E-state index contributed by atoms with van der Waals surface area (Å²) in [6.07, 6.45) is 4.79. The minimum absolute atomic E-state index is 0.0501. The van der Waals surface area contributed by atoms with Crippen LogP contribution in [0.1, 0.15) is 18.5 Å². The second kappa shape index (κ2) is 9.13. The number of nitrogens with one attached hydrogen (secondary N) is 2. The molecule has 3 aromatic rings. The summed E-state index contributed by atoms with van der Waals surface area (Å²) < 4.78 is 13.3. The molecule has 1 fully saturated rings. The van der Waals surface area contributed by atoms with E-state index in [9.17, 15) is 9.18 Å². The van der Waals surface area contributed by atoms with E-state index in [1.807, 2.05) is 17.9 Å². The van der Waals surface area contributed by atoms with Gasteiger partial charge in [0.2, 0.25) is 11.9 Å². The van der Waals surface area contributed by atoms with Crippen LogP contribution in [0.25, 0.3) is 0 Å². The number of hydrogen-bond donors (Lipinski definition) is 2. The molecule has 9 nitrogen and oxygen atoms in total. The van der Waals surface area contributed by atoms with Gasteiger partial charge >= 0.3 is 0 Å². The zero-order chi connectivity index (χ0) is 22.7. The molecule has 2 N–H and O–H groups in total. The third-order valence-corrected chi connectivity index (χ3v) is 5.24. The fraction of sp³-hybridized carbons (Fsp3) is 0.318. The van der Waals surface area contributed by atoms with E-state index in [0.717, 1.165) is 5.56 Å². The van der Waals surface area contributed by atoms with E-state index in [2.05, 4.69) is 30.6 Å². The van der Waals surface area contributed by atoms with E-state index in [1.54, 1.807) is 49.7 Å². The average Bonchev–Trinajstić information content (AvgIpc) is 2.73. The molecule has 2 aromatic heterocycles. The molecule has 1 aromatic carbocycles. The van der Waals surface area contributed by atoms with Gasteiger partial charge in [-0.2, -0.15) is 9.97 Å². The molecular formula is C22H25FN8O. The van der Waals surface area contributed by atoms with Crippen molar-refractivity contribution in [1.29, 1.82) is 0 Å². The summed E-state index contributed by atoms with van der Waals surface area (Å²) in [4.78, 5) is 33.3. The van der Waals surface area contributed by atoms with E-state index < -0.39 is 0 Å². The quantitative estimate of drug-likeness (QED) is 0.583. The molecule has 0 saturated carbocycles. The standard InChI is InChI=1S/C22H25FN8O/c1-14(15-4-6-17(23)7-5-15)26-22-28-18(27-19-11-24-8-9-25-19)10-20(29-22)31-12-16(13-31)21(32)30(2)3/h4-11,14,16H,12-13H2,1-3H3,(H2,25,26,27,28,29)/t14-/m0/s1. The zero-order valence-corrected chi connectivity index (χ0v) is 18.2. The Morgan fingerprint density at radius 1 is 1.16 bits per heavy atom. The molecule has 10 heteroatoms. The summed E-state index contributed by atoms with van der Waals surface area (Å²) in [5, 5.41) is 6.42. The van der Waals surface area contributed by atoms with Gasteiger partial charge in [-0.25, -0.2) is 9.37 Å². The van der Waals surface area contributed by atoms with Gasteiger partial charge in [0, 0.05) is 45.6 Å². The van der Waals surface area contributed by atoms with Crippen molar-refractivity contribution in [3.05, 3.63) is 60.3 Å². The third-order valence-electron chi connectivity index (χ3n) is 5.24. The number of amides is 1. The minimum atomic E-state index is -0.283. The molecule has 0 radical (unpaired) electrons. The molecule has 0 unspecified atom stereocenters. The van der Waals surface area contributed by atoms with E-state index in [-0.39, 0.29) is 23.7 Å². The summed E-state index contributed by atoms with van der Waals surface area (Å²) in [7, 11) is 3.52. The minimum Gasteiger partial charge on any atom is -0.355 e. The Morgan fingerprint density at radius 3 is 2.56 bits per heavy atom. The van der Waals surface area contributed by atoms with E-state index in [0.29, 0.717) is 36.5 Å². The van der Waals surface area contributed by atoms with Crippen LogP contribution >= 0.6 is 0 Å². The van der Waals surface area contributed by atoms with Crippen LogP contribution in [0.5, 0.6) is 0 Å². The van der Waals surface area contributed by atoms with Gasteiger partial charge in [-0.05, 0) is 24.6 Å². The van der Waals surface area contributed by atoms with E-state index in [4.69, 9.17) is 0 Å². The third kappa shape index (κ3) is 4.90. The van der Waals surface area contributed by atoms with Crippen LogP contribution in [0.3, 0.4) is 0 Å². The monoisotopic (exact) mass is 436 g/mol. The van der Waals surface area contributed by atoms with Crippen LogP contribution in [-0.2, 0) is 4.79 Å². The molecule has 1 amide bonds. The number of aromatic nitrogens is 4. The van der Waals surface area contributed by atoms with Crippen molar-refractivity contribution >= 4 is 29.3 Å². The van der Waals surface area contributed by atoms with Crippen molar-refractivity contribution in [3.8, 4) is 0 Å². The second-order valence-corrected chi connectivity index (χ2v) is 7.90. The van der Waals surface area contributed by atoms with Crippen LogP contribution < -0.4 is 15.5 Å². The first kappa shape index (κ1) is 21.4. The second-order valence-electron chi connectivity index (χ2n) is 7.90. The van der Waals surface area contributed by atoms with Crippen molar-refractivity contribution < 1.29 is 9.18 Å². The molecule has 4 rings (SSSR count). The van der Waals surface area contributed by atoms with Gasteiger partial charge in [0.1, 0.15) is 23.3 Å². The van der Waals surface area contributed by atoms with Gasteiger partial charge in [0.15, 0.2) is 0 Å². The largest absolute Gasteiger partial charge is 0.355 e. The van der Waals surface area contributed by atoms with Crippen LogP contribution in [0.4, 0.5) is 27.8 Å². The van der Waals surface area contributed by atoms with Crippen LogP contribution in [-0.4, -0.2) is 57.9 Å². The van der Waals surface area contributed by atoms with Gasteiger partial charge in [0.25, 0.3) is 0 Å². The molecule has 0 spiro atoms. The lowest BCUT2D eigenvalue weighted by atomic mass is 9.99. The molecule has 3 heterocycles. The molecule has 1 aliphatic heterocycles. The maximum Gasteiger partial charge on any atom is 0.228 e. The molecule has 0 aliphatic carbocycles. The van der Waals surface area contributed by atoms with Gasteiger partial charge in [-0.15, -0.1) is 0 Å². The Kier molecular flexibility index (Phi) is 6.11. The smallest absolute Gasteiger partial charge is 0.228 e. The molecule has 1 saturated heterocycles. The summed E-state index contributed by atoms with van der Waals surface area (Å²) in [5.41, 5.74) is 0.907. The molecular weight excluding hydrogens is 411 g/mol. The summed E-state index contributed by atoms with van der Waals surface area (Å²) in [5.74, 6) is 1.98. The first-order valence-corrected chi connectivity index (χ1v) is 10.3. The Hall–Kier alpha value is -3.82. The lowest BCUT2D eigenvalue weighted by Crippen LogP contribution is -2.53. The number of halogens is 1. The highest BCUT2D eigenvalue weighted by atomic mass is 19.1. The van der Waals surface area contributed by atoms with Crippen molar-refractivity contribution in [1.82, 2.24) is 24.8 Å². The SMILES string of the molecule is C[C@H](Nc1nc(Nc2cnccn2)cc(N2CC(C(=O)N(C)C)C2)n1)c1ccc(F)cc1. The number of carbonyl (C=O) groups is 1. The van der Waals surface area contributed by atoms with Crippen molar-refractivity contribution in [2.45, 2.75) is 13.0 Å². The number of anilines is 4. The first-order chi connectivity index (χ1) is 15.4. The Morgan fingerprint density at radius 2 is 1.91 bits per heavy atom. The number of hydrogen-bond acceptors (Lipinski definition) is 8. The average molecular weight is 436 g/mol. The summed E-state index contributed by atoms with van der Waals surface area (Å²) >= 11 is 0. The number of nitrogens with zero attached hydrogens (tertiary/aromatic N) is 6. The highest BCUT2D eigenvalue weighted by Crippen LogP contribution is 2.28. The van der Waals surface area contributed by atoms with E-state index in [1.165, 1.54) is 12.1 Å². The maximum absolute atomic E-state index is 13.3. The Balaban J connectivity index is 1.56. The topological polar surface area (TPSA) is 99.2 Å². The number of benzene rings is 1. The predicted octanol–water partition coefficient (Wildman–Crippen LogP) is 2.85. The van der Waals surface area contributed by atoms with Crippen LogP contribution in [0.2, 0.25) is 0 Å². The lowest BCUT2D eigenvalue weighted by molar-refractivity contribution is -0.133. The molecule has 1 atom stereocenters. The van der Waals surface area contributed by atoms with Crippen LogP contribution in [0, 0.1) is 11.7 Å². The first-order valence-electron chi connectivity index (χ1n) is 10.3. The van der Waals surface area contributed by atoms with E-state index >= 15 is 0 Å². The number of carbonyl (C=O) groups excluding carboxylic acids is 1. The zero-order valence-electron chi connectivity index (χ0n) is 18.2. The fourth-order valence-electron chi connectivity index (χ4n) is 3.44.